The van der Waals surface area contributed by atoms with Crippen LogP contribution in [0.1, 0.15) is 55.2 Å². The lowest BCUT2D eigenvalue weighted by Crippen LogP contribution is -2.62. The number of phenolic OH excluding ortho intramolecular Hbond substituents is 9. The average molecular weight is 509 g/mol. The normalized spacial score (nSPS) is 30.0. The monoisotopic (exact) mass is 508 g/mol. The van der Waals surface area contributed by atoms with Crippen molar-refractivity contribution in [1.29, 1.82) is 0 Å². The zero-order chi connectivity index (χ0) is 26.5. The molecular formula is C28H28O9. The molecule has 0 radical (unpaired) electrons. The number of phenols is 9. The van der Waals surface area contributed by atoms with Gasteiger partial charge in [0.25, 0.3) is 0 Å². The van der Waals surface area contributed by atoms with E-state index in [1.807, 2.05) is 0 Å². The summed E-state index contributed by atoms with van der Waals surface area (Å²) < 4.78 is 0. The Morgan fingerprint density at radius 3 is 0.919 bits per heavy atom. The van der Waals surface area contributed by atoms with Crippen molar-refractivity contribution in [3.63, 3.8) is 0 Å². The molecular weight excluding hydrogens is 480 g/mol. The van der Waals surface area contributed by atoms with E-state index in [4.69, 9.17) is 0 Å². The van der Waals surface area contributed by atoms with E-state index in [0.717, 1.165) is 0 Å². The van der Waals surface area contributed by atoms with E-state index in [2.05, 4.69) is 0 Å². The fraction of sp³-hybridized carbons (Fsp3) is 0.357. The molecule has 9 heteroatoms. The van der Waals surface area contributed by atoms with Gasteiger partial charge in [-0.2, -0.15) is 0 Å². The Morgan fingerprint density at radius 2 is 0.649 bits per heavy atom. The highest BCUT2D eigenvalue weighted by atomic mass is 16.3. The van der Waals surface area contributed by atoms with Crippen molar-refractivity contribution in [1.82, 2.24) is 0 Å². The summed E-state index contributed by atoms with van der Waals surface area (Å²) in [6, 6.07) is 7.40. The maximum Gasteiger partial charge on any atom is 0.164 e. The zero-order valence-corrected chi connectivity index (χ0v) is 19.8. The third kappa shape index (κ3) is 2.97. The lowest BCUT2D eigenvalue weighted by atomic mass is 9.36. The molecule has 3 aromatic rings. The van der Waals surface area contributed by atoms with E-state index < -0.39 is 50.7 Å². The minimum atomic E-state index is -1.01. The Kier molecular flexibility index (Phi) is 4.54. The number of benzene rings is 3. The summed E-state index contributed by atoms with van der Waals surface area (Å²) in [6.45, 7) is 0. The molecule has 9 nitrogen and oxygen atoms in total. The topological polar surface area (TPSA) is 182 Å². The predicted molar refractivity (Wildman–Crippen MR) is 131 cm³/mol. The maximum absolute atomic E-state index is 11.0. The summed E-state index contributed by atoms with van der Waals surface area (Å²) in [4.78, 5) is 0. The van der Waals surface area contributed by atoms with Crippen molar-refractivity contribution in [2.75, 3.05) is 0 Å². The number of aromatic hydroxyl groups is 9. The van der Waals surface area contributed by atoms with Gasteiger partial charge in [-0.05, 0) is 80.8 Å². The van der Waals surface area contributed by atoms with Crippen LogP contribution in [0.2, 0.25) is 0 Å². The summed E-state index contributed by atoms with van der Waals surface area (Å²) in [6.07, 6.45) is 2.15. The SMILES string of the molecule is Oc1ccc(O)c(C23CC4CC(c5c(O)ccc(O)c5O)(C2)CC(c2c(O)ccc(O)c2O)(C4)C3)c1O. The third-order valence-electron chi connectivity index (χ3n) is 9.06. The fourth-order valence-electron chi connectivity index (χ4n) is 8.55. The molecule has 0 atom stereocenters. The molecule has 4 aliphatic rings. The minimum absolute atomic E-state index is 0.114. The maximum atomic E-state index is 11.0. The average Bonchev–Trinajstić information content (AvgIpc) is 2.81. The smallest absolute Gasteiger partial charge is 0.164 e. The van der Waals surface area contributed by atoms with Gasteiger partial charge in [-0.15, -0.1) is 0 Å². The quantitative estimate of drug-likeness (QED) is 0.185. The van der Waals surface area contributed by atoms with Gasteiger partial charge in [0.1, 0.15) is 17.2 Å². The van der Waals surface area contributed by atoms with Gasteiger partial charge in [-0.25, -0.2) is 0 Å². The Labute approximate surface area is 211 Å². The van der Waals surface area contributed by atoms with Gasteiger partial charge in [-0.1, -0.05) is 0 Å². The minimum Gasteiger partial charge on any atom is -0.508 e. The second-order valence-corrected chi connectivity index (χ2v) is 11.3. The van der Waals surface area contributed by atoms with E-state index >= 15 is 0 Å². The van der Waals surface area contributed by atoms with Crippen LogP contribution in [0.5, 0.6) is 51.7 Å². The molecule has 4 fully saturated rings. The first-order chi connectivity index (χ1) is 17.4. The van der Waals surface area contributed by atoms with Gasteiger partial charge >= 0.3 is 0 Å². The highest BCUT2D eigenvalue weighted by Crippen LogP contribution is 2.75. The number of rotatable bonds is 3. The highest BCUT2D eigenvalue weighted by Gasteiger charge is 2.67. The highest BCUT2D eigenvalue weighted by molar-refractivity contribution is 5.64. The van der Waals surface area contributed by atoms with E-state index in [0.29, 0.717) is 19.3 Å². The molecule has 4 bridgehead atoms. The van der Waals surface area contributed by atoms with Crippen molar-refractivity contribution < 1.29 is 46.0 Å². The molecule has 37 heavy (non-hydrogen) atoms. The summed E-state index contributed by atoms with van der Waals surface area (Å²) in [7, 11) is 0. The van der Waals surface area contributed by atoms with Gasteiger partial charge in [-0.3, -0.25) is 0 Å². The van der Waals surface area contributed by atoms with Gasteiger partial charge in [0.15, 0.2) is 34.5 Å². The van der Waals surface area contributed by atoms with Crippen molar-refractivity contribution in [2.24, 2.45) is 5.92 Å². The first kappa shape index (κ1) is 23.3. The van der Waals surface area contributed by atoms with Crippen molar-refractivity contribution in [3.05, 3.63) is 53.1 Å². The van der Waals surface area contributed by atoms with Crippen molar-refractivity contribution >= 4 is 0 Å². The lowest BCUT2D eigenvalue weighted by Gasteiger charge is -2.67. The molecule has 0 amide bonds. The van der Waals surface area contributed by atoms with E-state index in [1.165, 1.54) is 36.4 Å². The molecule has 4 saturated carbocycles. The number of hydrogen-bond acceptors (Lipinski definition) is 9. The molecule has 0 aliphatic heterocycles. The molecule has 0 saturated heterocycles. The van der Waals surface area contributed by atoms with Crippen LogP contribution in [0.3, 0.4) is 0 Å². The zero-order valence-electron chi connectivity index (χ0n) is 19.8. The van der Waals surface area contributed by atoms with E-state index in [1.54, 1.807) is 0 Å². The second kappa shape index (κ2) is 7.21. The van der Waals surface area contributed by atoms with Crippen LogP contribution in [0, 0.1) is 5.92 Å². The van der Waals surface area contributed by atoms with Crippen LogP contribution < -0.4 is 0 Å². The molecule has 3 aromatic carbocycles. The molecule has 194 valence electrons. The summed E-state index contributed by atoms with van der Waals surface area (Å²) >= 11 is 0. The lowest BCUT2D eigenvalue weighted by molar-refractivity contribution is -0.0537. The fourth-order valence-corrected chi connectivity index (χ4v) is 8.55. The van der Waals surface area contributed by atoms with Crippen LogP contribution >= 0.6 is 0 Å². The van der Waals surface area contributed by atoms with Crippen LogP contribution in [0.25, 0.3) is 0 Å². The molecule has 0 heterocycles. The first-order valence-corrected chi connectivity index (χ1v) is 12.2. The summed E-state index contributed by atoms with van der Waals surface area (Å²) in [5, 5.41) is 96.8. The molecule has 4 aliphatic carbocycles. The van der Waals surface area contributed by atoms with Crippen LogP contribution in [-0.2, 0) is 16.2 Å². The molecule has 0 unspecified atom stereocenters. The van der Waals surface area contributed by atoms with Crippen LogP contribution in [0.4, 0.5) is 0 Å². The largest absolute Gasteiger partial charge is 0.508 e. The van der Waals surface area contributed by atoms with Gasteiger partial charge < -0.3 is 46.0 Å². The standard InChI is InChI=1S/C28H28O9/c29-14-1-4-17(32)23(35)20(14)26-7-13-8-27(10-26,21-15(30)2-5-18(33)24(21)36)12-28(9-13,11-26)22-16(31)3-6-19(34)25(22)37/h1-6,13,29-37H,7-12H2. The van der Waals surface area contributed by atoms with Gasteiger partial charge in [0.05, 0.1) is 0 Å². The summed E-state index contributed by atoms with van der Waals surface area (Å²) in [5.74, 6) is -3.56. The van der Waals surface area contributed by atoms with Gasteiger partial charge in [0.2, 0.25) is 0 Å². The van der Waals surface area contributed by atoms with Crippen LogP contribution in [0.15, 0.2) is 36.4 Å². The second-order valence-electron chi connectivity index (χ2n) is 11.3. The first-order valence-electron chi connectivity index (χ1n) is 12.2. The van der Waals surface area contributed by atoms with Crippen molar-refractivity contribution in [2.45, 2.75) is 54.8 Å². The third-order valence-corrected chi connectivity index (χ3v) is 9.06. The van der Waals surface area contributed by atoms with Gasteiger partial charge in [0, 0.05) is 32.9 Å². The predicted octanol–water partition coefficient (Wildman–Crippen LogP) is 4.15. The molecule has 0 spiro atoms. The Hall–Kier alpha value is -4.14. The van der Waals surface area contributed by atoms with E-state index in [-0.39, 0.29) is 59.1 Å². The molecule has 7 rings (SSSR count). The van der Waals surface area contributed by atoms with Crippen molar-refractivity contribution in [3.8, 4) is 51.7 Å². The van der Waals surface area contributed by atoms with E-state index in [9.17, 15) is 46.0 Å². The van der Waals surface area contributed by atoms with Crippen LogP contribution in [-0.4, -0.2) is 46.0 Å². The molecule has 0 aromatic heterocycles. The number of hydrogen-bond donors (Lipinski definition) is 9. The summed E-state index contributed by atoms with van der Waals surface area (Å²) in [5.41, 5.74) is -2.70. The Bertz CT molecular complexity index is 1280. The Morgan fingerprint density at radius 1 is 0.405 bits per heavy atom. The Balaban J connectivity index is 1.68. The molecule has 9 N–H and O–H groups in total.